The van der Waals surface area contributed by atoms with Crippen LogP contribution in [0.5, 0.6) is 5.75 Å². The highest BCUT2D eigenvalue weighted by Gasteiger charge is 2.58. The van der Waals surface area contributed by atoms with Crippen molar-refractivity contribution < 1.29 is 46.8 Å². The van der Waals surface area contributed by atoms with Crippen molar-refractivity contribution in [3.63, 3.8) is 0 Å². The number of carbonyl (C=O) groups is 2. The lowest BCUT2D eigenvalue weighted by molar-refractivity contribution is -0.274. The van der Waals surface area contributed by atoms with Crippen LogP contribution >= 0.6 is 11.6 Å². The third kappa shape index (κ3) is 11.2. The number of fused-ring (bicyclic) bond motifs is 8. The van der Waals surface area contributed by atoms with E-state index in [9.17, 15) is 33.0 Å². The van der Waals surface area contributed by atoms with E-state index in [0.29, 0.717) is 67.6 Å². The zero-order chi connectivity index (χ0) is 44.3. The molecule has 2 N–H and O–H groups in total. The van der Waals surface area contributed by atoms with Gasteiger partial charge in [0.25, 0.3) is 0 Å². The first-order chi connectivity index (χ1) is 28.7. The van der Waals surface area contributed by atoms with Crippen LogP contribution in [-0.4, -0.2) is 57.7 Å². The van der Waals surface area contributed by atoms with Crippen LogP contribution in [0, 0.1) is 29.0 Å². The number of amides is 1. The number of aliphatic hydroxyl groups excluding tert-OH is 1. The summed E-state index contributed by atoms with van der Waals surface area (Å²) in [7, 11) is 0. The number of allylic oxidation sites excluding steroid dienone is 2. The third-order valence-corrected chi connectivity index (χ3v) is 14.2. The fourth-order valence-corrected chi connectivity index (χ4v) is 10.4. The Morgan fingerprint density at radius 1 is 1.02 bits per heavy atom. The van der Waals surface area contributed by atoms with E-state index in [1.54, 1.807) is 12.1 Å². The number of alkyl halides is 3. The number of ether oxygens (including phenoxy) is 2. The average Bonchev–Trinajstić information content (AvgIpc) is 3.43. The lowest BCUT2D eigenvalue weighted by Gasteiger charge is -2.46. The van der Waals surface area contributed by atoms with Crippen LogP contribution in [0.3, 0.4) is 0 Å². The standard InChI is InChI=1S/C49H60ClF4NO6/c1-30(2)37-19-12-32(4)24-45(37)60-46(58)55(28-33-13-17-36(18-14-33)61-49(52,53)54)29-48(59)23-21-41-38-20-15-34(25-35(56)16-11-31(3)8-7-22-47(41,48)5)26-39(38)44(57)27-40-42(50)9-6-10-43(40)51/h6,8-10,13-15,17-18,20,26,30,32,35,37,41,45,56,59H,7,11-12,16,19,21-25,27-29H2,1-5H3. The summed E-state index contributed by atoms with van der Waals surface area (Å²) in [6.07, 6.45) is 1.27. The lowest BCUT2D eigenvalue weighted by Crippen LogP contribution is -2.54. The first-order valence-electron chi connectivity index (χ1n) is 21.7. The molecule has 332 valence electrons. The molecule has 3 aromatic carbocycles. The molecule has 0 heterocycles. The monoisotopic (exact) mass is 869 g/mol. The molecule has 0 aliphatic heterocycles. The predicted molar refractivity (Wildman–Crippen MR) is 228 cm³/mol. The van der Waals surface area contributed by atoms with Gasteiger partial charge in [0, 0.05) is 34.5 Å². The number of hydrogen-bond acceptors (Lipinski definition) is 6. The van der Waals surface area contributed by atoms with Gasteiger partial charge in [0.15, 0.2) is 5.78 Å². The molecule has 61 heavy (non-hydrogen) atoms. The Balaban J connectivity index is 1.40. The Labute approximate surface area is 362 Å². The van der Waals surface area contributed by atoms with Gasteiger partial charge in [-0.3, -0.25) is 4.79 Å². The summed E-state index contributed by atoms with van der Waals surface area (Å²) in [5, 5.41) is 24.3. The highest BCUT2D eigenvalue weighted by Crippen LogP contribution is 2.59. The van der Waals surface area contributed by atoms with Gasteiger partial charge in [-0.2, -0.15) is 0 Å². The zero-order valence-electron chi connectivity index (χ0n) is 35.9. The number of ketones is 1. The maximum atomic E-state index is 15.1. The lowest BCUT2D eigenvalue weighted by atomic mass is 9.64. The van der Waals surface area contributed by atoms with Gasteiger partial charge < -0.3 is 24.6 Å². The third-order valence-electron chi connectivity index (χ3n) is 13.8. The molecule has 3 aromatic rings. The Kier molecular flexibility index (Phi) is 14.7. The summed E-state index contributed by atoms with van der Waals surface area (Å²) in [5.74, 6) is -0.948. The first kappa shape index (κ1) is 46.6. The van der Waals surface area contributed by atoms with Crippen LogP contribution in [0.2, 0.25) is 5.02 Å². The van der Waals surface area contributed by atoms with E-state index in [1.165, 1.54) is 41.3 Å². The zero-order valence-corrected chi connectivity index (χ0v) is 36.6. The molecule has 2 fully saturated rings. The van der Waals surface area contributed by atoms with Gasteiger partial charge in [-0.15, -0.1) is 13.2 Å². The number of nitrogens with zero attached hydrogens (tertiary/aromatic N) is 1. The fraction of sp³-hybridized carbons (Fsp3) is 0.551. The van der Waals surface area contributed by atoms with E-state index >= 15 is 4.39 Å². The number of carbonyl (C=O) groups excluding carboxylic acids is 2. The Bertz CT molecular complexity index is 2030. The van der Waals surface area contributed by atoms with E-state index in [1.807, 2.05) is 26.0 Å². The van der Waals surface area contributed by atoms with Crippen molar-refractivity contribution in [2.24, 2.45) is 23.2 Å². The Morgan fingerprint density at radius 2 is 1.75 bits per heavy atom. The molecule has 1 amide bonds. The average molecular weight is 870 g/mol. The predicted octanol–water partition coefficient (Wildman–Crippen LogP) is 11.9. The molecule has 2 saturated carbocycles. The van der Waals surface area contributed by atoms with Gasteiger partial charge in [-0.05, 0) is 135 Å². The van der Waals surface area contributed by atoms with Crippen molar-refractivity contribution in [2.45, 2.75) is 142 Å². The topological polar surface area (TPSA) is 96.3 Å². The normalized spacial score (nSPS) is 27.2. The second kappa shape index (κ2) is 19.2. The summed E-state index contributed by atoms with van der Waals surface area (Å²) >= 11 is 6.40. The van der Waals surface area contributed by atoms with Gasteiger partial charge in [0.2, 0.25) is 0 Å². The highest BCUT2D eigenvalue weighted by atomic mass is 35.5. The number of halogens is 5. The summed E-state index contributed by atoms with van der Waals surface area (Å²) in [4.78, 5) is 30.4. The van der Waals surface area contributed by atoms with Crippen LogP contribution in [0.1, 0.15) is 131 Å². The molecule has 7 atom stereocenters. The summed E-state index contributed by atoms with van der Waals surface area (Å²) in [6.45, 7) is 10.2. The van der Waals surface area contributed by atoms with Crippen molar-refractivity contribution in [1.29, 1.82) is 0 Å². The molecule has 7 rings (SSSR count). The second-order valence-corrected chi connectivity index (χ2v) is 19.0. The maximum absolute atomic E-state index is 15.1. The van der Waals surface area contributed by atoms with Crippen molar-refractivity contribution in [2.75, 3.05) is 6.54 Å². The van der Waals surface area contributed by atoms with Gasteiger partial charge in [0.1, 0.15) is 17.7 Å². The van der Waals surface area contributed by atoms with Gasteiger partial charge >= 0.3 is 12.5 Å². The largest absolute Gasteiger partial charge is 0.573 e. The molecular weight excluding hydrogens is 810 g/mol. The Hall–Kier alpha value is -3.93. The van der Waals surface area contributed by atoms with E-state index in [-0.39, 0.29) is 66.2 Å². The fourth-order valence-electron chi connectivity index (χ4n) is 10.2. The van der Waals surface area contributed by atoms with E-state index in [4.69, 9.17) is 16.3 Å². The molecule has 2 bridgehead atoms. The molecule has 4 aliphatic carbocycles. The minimum absolute atomic E-state index is 0.0496. The minimum Gasteiger partial charge on any atom is -0.446 e. The molecule has 7 nitrogen and oxygen atoms in total. The molecule has 4 aliphatic rings. The summed E-state index contributed by atoms with van der Waals surface area (Å²) in [5.41, 5.74) is 1.09. The molecule has 12 heteroatoms. The quantitative estimate of drug-likeness (QED) is 0.120. The van der Waals surface area contributed by atoms with Crippen LogP contribution in [0.15, 0.2) is 72.3 Å². The van der Waals surface area contributed by atoms with Gasteiger partial charge in [-0.1, -0.05) is 87.7 Å². The highest BCUT2D eigenvalue weighted by molar-refractivity contribution is 6.31. The van der Waals surface area contributed by atoms with E-state index in [2.05, 4.69) is 31.6 Å². The smallest absolute Gasteiger partial charge is 0.446 e. The molecule has 0 radical (unpaired) electrons. The number of Topliss-reactive ketones (excluding diaryl/α,β-unsaturated/α-hetero) is 1. The second-order valence-electron chi connectivity index (χ2n) is 18.5. The number of benzene rings is 3. The number of aliphatic hydroxyl groups is 2. The SMILES string of the molecule is CC1=CCCC2(C)C(CCC2(O)CN(Cc2ccc(OC(F)(F)F)cc2)C(=O)OC2CC(C)CCC2C(C)C)c2ccc(cc2C(=O)Cc2c(F)cccc2Cl)CC(O)CC1. The van der Waals surface area contributed by atoms with Crippen LogP contribution < -0.4 is 4.74 Å². The van der Waals surface area contributed by atoms with Crippen LogP contribution in [0.4, 0.5) is 22.4 Å². The summed E-state index contributed by atoms with van der Waals surface area (Å²) < 4.78 is 64.6. The van der Waals surface area contributed by atoms with Crippen molar-refractivity contribution in [3.8, 4) is 5.75 Å². The summed E-state index contributed by atoms with van der Waals surface area (Å²) in [6, 6.07) is 15.2. The van der Waals surface area contributed by atoms with E-state index < -0.39 is 41.1 Å². The molecular formula is C49H60ClF4NO6. The van der Waals surface area contributed by atoms with E-state index in [0.717, 1.165) is 24.0 Å². The van der Waals surface area contributed by atoms with Crippen molar-refractivity contribution in [3.05, 3.63) is 111 Å². The van der Waals surface area contributed by atoms with Crippen LogP contribution in [0.25, 0.3) is 0 Å². The molecule has 0 saturated heterocycles. The van der Waals surface area contributed by atoms with Crippen molar-refractivity contribution in [1.82, 2.24) is 4.90 Å². The Morgan fingerprint density at radius 3 is 2.44 bits per heavy atom. The van der Waals surface area contributed by atoms with Gasteiger partial charge in [-0.25, -0.2) is 9.18 Å². The van der Waals surface area contributed by atoms with Gasteiger partial charge in [0.05, 0.1) is 18.2 Å². The molecule has 0 aromatic heterocycles. The minimum atomic E-state index is -4.87. The maximum Gasteiger partial charge on any atom is 0.573 e. The van der Waals surface area contributed by atoms with Crippen molar-refractivity contribution >= 4 is 23.5 Å². The molecule has 0 spiro atoms. The van der Waals surface area contributed by atoms with Crippen LogP contribution in [-0.2, 0) is 24.1 Å². The first-order valence-corrected chi connectivity index (χ1v) is 22.1. The number of rotatable bonds is 10. The molecule has 7 unspecified atom stereocenters. The number of hydrogen-bond donors (Lipinski definition) is 2.